The second-order valence-electron chi connectivity index (χ2n) is 5.71. The van der Waals surface area contributed by atoms with Crippen molar-refractivity contribution in [2.45, 2.75) is 6.92 Å². The fourth-order valence-corrected chi connectivity index (χ4v) is 2.87. The smallest absolute Gasteiger partial charge is 0.375 e. The van der Waals surface area contributed by atoms with Crippen LogP contribution in [0.3, 0.4) is 0 Å². The largest absolute Gasteiger partial charge is 0.460 e. The van der Waals surface area contributed by atoms with Crippen LogP contribution in [0.15, 0.2) is 70.1 Å². The molecular formula is C20H15N3O4. The quantitative estimate of drug-likeness (QED) is 0.519. The van der Waals surface area contributed by atoms with Crippen LogP contribution in [0.25, 0.3) is 28.0 Å². The minimum absolute atomic E-state index is 0.0218. The fraction of sp³-hybridized carbons (Fsp3) is 0.100. The molecule has 134 valence electrons. The van der Waals surface area contributed by atoms with Gasteiger partial charge in [0.15, 0.2) is 5.82 Å². The van der Waals surface area contributed by atoms with Gasteiger partial charge < -0.3 is 9.15 Å². The van der Waals surface area contributed by atoms with Crippen LogP contribution in [0.4, 0.5) is 0 Å². The number of benzene rings is 2. The predicted octanol–water partition coefficient (Wildman–Crippen LogP) is 3.22. The van der Waals surface area contributed by atoms with Crippen LogP contribution in [0, 0.1) is 0 Å². The molecule has 0 aliphatic carbocycles. The lowest BCUT2D eigenvalue weighted by atomic mass is 10.1. The van der Waals surface area contributed by atoms with Crippen molar-refractivity contribution >= 4 is 16.9 Å². The molecule has 7 heteroatoms. The Bertz CT molecular complexity index is 1180. The maximum atomic E-state index is 13.2. The van der Waals surface area contributed by atoms with Crippen molar-refractivity contribution in [3.63, 3.8) is 0 Å². The molecule has 0 saturated heterocycles. The Morgan fingerprint density at radius 1 is 1.11 bits per heavy atom. The fourth-order valence-electron chi connectivity index (χ4n) is 2.87. The van der Waals surface area contributed by atoms with Gasteiger partial charge in [-0.3, -0.25) is 9.36 Å². The maximum Gasteiger partial charge on any atom is 0.375 e. The summed E-state index contributed by atoms with van der Waals surface area (Å²) in [6.45, 7) is 1.84. The summed E-state index contributed by atoms with van der Waals surface area (Å²) in [7, 11) is 0. The average molecular weight is 361 g/mol. The first-order valence-corrected chi connectivity index (χ1v) is 8.39. The molecule has 0 radical (unpaired) electrons. The van der Waals surface area contributed by atoms with Gasteiger partial charge in [0.1, 0.15) is 17.5 Å². The topological polar surface area (TPSA) is 87.2 Å². The second-order valence-corrected chi connectivity index (χ2v) is 5.71. The third kappa shape index (κ3) is 2.89. The molecule has 0 aliphatic heterocycles. The first-order valence-electron chi connectivity index (χ1n) is 8.39. The zero-order valence-electron chi connectivity index (χ0n) is 14.5. The zero-order valence-corrected chi connectivity index (χ0v) is 14.5. The number of ether oxygens (including phenoxy) is 1. The van der Waals surface area contributed by atoms with E-state index in [-0.39, 0.29) is 29.2 Å². The van der Waals surface area contributed by atoms with Crippen LogP contribution in [0.2, 0.25) is 0 Å². The van der Waals surface area contributed by atoms with Crippen LogP contribution in [-0.4, -0.2) is 27.3 Å². The van der Waals surface area contributed by atoms with Crippen molar-refractivity contribution in [2.24, 2.45) is 0 Å². The van der Waals surface area contributed by atoms with Crippen LogP contribution in [0.5, 0.6) is 0 Å². The van der Waals surface area contributed by atoms with E-state index in [2.05, 4.69) is 10.2 Å². The van der Waals surface area contributed by atoms with Crippen molar-refractivity contribution in [3.8, 4) is 17.1 Å². The average Bonchev–Trinajstić information content (AvgIpc) is 3.18. The van der Waals surface area contributed by atoms with Gasteiger partial charge in [-0.25, -0.2) is 4.79 Å². The second kappa shape index (κ2) is 6.87. The van der Waals surface area contributed by atoms with Gasteiger partial charge in [-0.1, -0.05) is 30.3 Å². The van der Waals surface area contributed by atoms with E-state index in [0.29, 0.717) is 11.0 Å². The number of para-hydroxylation sites is 2. The molecule has 0 amide bonds. The van der Waals surface area contributed by atoms with E-state index >= 15 is 0 Å². The summed E-state index contributed by atoms with van der Waals surface area (Å²) in [5.74, 6) is -0.701. The number of rotatable bonds is 4. The molecule has 0 N–H and O–H groups in total. The molecule has 2 aromatic carbocycles. The highest BCUT2D eigenvalue weighted by Crippen LogP contribution is 2.25. The summed E-state index contributed by atoms with van der Waals surface area (Å²) >= 11 is 0. The summed E-state index contributed by atoms with van der Waals surface area (Å²) in [5.41, 5.74) is 0.707. The third-order valence-electron chi connectivity index (χ3n) is 4.06. The number of nitrogens with zero attached hydrogens (tertiary/aromatic N) is 3. The van der Waals surface area contributed by atoms with E-state index in [4.69, 9.17) is 9.15 Å². The maximum absolute atomic E-state index is 13.2. The predicted molar refractivity (Wildman–Crippen MR) is 98.8 cm³/mol. The lowest BCUT2D eigenvalue weighted by Gasteiger charge is -2.10. The van der Waals surface area contributed by atoms with Crippen LogP contribution < -0.4 is 5.43 Å². The number of fused-ring (bicyclic) bond motifs is 1. The first-order chi connectivity index (χ1) is 13.2. The Hall–Kier alpha value is -3.74. The SMILES string of the molecule is CCOC(=O)c1oc2ccccc2c(=O)c1-c1nncn1-c1ccccc1. The monoisotopic (exact) mass is 361 g/mol. The molecule has 0 aliphatic rings. The van der Waals surface area contributed by atoms with Crippen molar-refractivity contribution in [2.75, 3.05) is 6.61 Å². The molecule has 0 saturated carbocycles. The number of aromatic nitrogens is 3. The van der Waals surface area contributed by atoms with Crippen LogP contribution >= 0.6 is 0 Å². The minimum Gasteiger partial charge on any atom is -0.460 e. The van der Waals surface area contributed by atoms with E-state index < -0.39 is 5.97 Å². The van der Waals surface area contributed by atoms with Gasteiger partial charge in [0, 0.05) is 5.69 Å². The summed E-state index contributed by atoms with van der Waals surface area (Å²) in [6, 6.07) is 16.0. The van der Waals surface area contributed by atoms with Crippen LogP contribution in [-0.2, 0) is 4.74 Å². The molecule has 0 bridgehead atoms. The number of carbonyl (C=O) groups excluding carboxylic acids is 1. The van der Waals surface area contributed by atoms with Crippen molar-refractivity contribution in [1.82, 2.24) is 14.8 Å². The van der Waals surface area contributed by atoms with Crippen molar-refractivity contribution < 1.29 is 13.9 Å². The normalized spacial score (nSPS) is 10.9. The Labute approximate surface area is 153 Å². The minimum atomic E-state index is -0.724. The van der Waals surface area contributed by atoms with E-state index in [1.807, 2.05) is 30.3 Å². The van der Waals surface area contributed by atoms with Crippen LogP contribution in [0.1, 0.15) is 17.5 Å². The van der Waals surface area contributed by atoms with Crippen molar-refractivity contribution in [3.05, 3.63) is 76.9 Å². The highest BCUT2D eigenvalue weighted by atomic mass is 16.5. The van der Waals surface area contributed by atoms with E-state index in [0.717, 1.165) is 5.69 Å². The molecule has 4 rings (SSSR count). The van der Waals surface area contributed by atoms with E-state index in [1.165, 1.54) is 6.33 Å². The number of hydrogen-bond acceptors (Lipinski definition) is 6. The molecule has 27 heavy (non-hydrogen) atoms. The van der Waals surface area contributed by atoms with Gasteiger partial charge in [-0.15, -0.1) is 10.2 Å². The molecular weight excluding hydrogens is 346 g/mol. The van der Waals surface area contributed by atoms with Gasteiger partial charge in [0.2, 0.25) is 11.2 Å². The molecule has 0 unspecified atom stereocenters. The molecule has 4 aromatic rings. The third-order valence-corrected chi connectivity index (χ3v) is 4.06. The molecule has 0 spiro atoms. The Morgan fingerprint density at radius 2 is 1.85 bits per heavy atom. The molecule has 2 aromatic heterocycles. The Kier molecular flexibility index (Phi) is 4.25. The highest BCUT2D eigenvalue weighted by Gasteiger charge is 2.26. The van der Waals surface area contributed by atoms with E-state index in [9.17, 15) is 9.59 Å². The standard InChI is InChI=1S/C20H15N3O4/c1-2-26-20(25)18-16(17(24)14-10-6-7-11-15(14)27-18)19-22-21-12-23(19)13-8-4-3-5-9-13/h3-12H,2H2,1H3. The summed E-state index contributed by atoms with van der Waals surface area (Å²) in [6.07, 6.45) is 1.48. The lowest BCUT2D eigenvalue weighted by molar-refractivity contribution is 0.0492. The van der Waals surface area contributed by atoms with Gasteiger partial charge in [0.05, 0.1) is 12.0 Å². The highest BCUT2D eigenvalue weighted by molar-refractivity contribution is 5.96. The zero-order chi connectivity index (χ0) is 18.8. The lowest BCUT2D eigenvalue weighted by Crippen LogP contribution is -2.17. The van der Waals surface area contributed by atoms with Gasteiger partial charge in [-0.2, -0.15) is 0 Å². The Morgan fingerprint density at radius 3 is 2.63 bits per heavy atom. The molecule has 2 heterocycles. The molecule has 7 nitrogen and oxygen atoms in total. The Balaban J connectivity index is 2.04. The first kappa shape index (κ1) is 16.7. The van der Waals surface area contributed by atoms with Gasteiger partial charge >= 0.3 is 5.97 Å². The van der Waals surface area contributed by atoms with Crippen molar-refractivity contribution in [1.29, 1.82) is 0 Å². The molecule has 0 fully saturated rings. The summed E-state index contributed by atoms with van der Waals surface area (Å²) < 4.78 is 12.5. The number of esters is 1. The number of hydrogen-bond donors (Lipinski definition) is 0. The van der Waals surface area contributed by atoms with E-state index in [1.54, 1.807) is 35.8 Å². The van der Waals surface area contributed by atoms with Gasteiger partial charge in [0.25, 0.3) is 0 Å². The molecule has 0 atom stereocenters. The summed E-state index contributed by atoms with van der Waals surface area (Å²) in [4.78, 5) is 25.7. The number of carbonyl (C=O) groups is 1. The summed E-state index contributed by atoms with van der Waals surface area (Å²) in [5, 5.41) is 8.35. The van der Waals surface area contributed by atoms with Gasteiger partial charge in [-0.05, 0) is 31.2 Å².